The Kier molecular flexibility index (Phi) is 5.57. The molecule has 0 aromatic heterocycles. The van der Waals surface area contributed by atoms with Crippen molar-refractivity contribution in [2.24, 2.45) is 0 Å². The highest BCUT2D eigenvalue weighted by Crippen LogP contribution is 2.13. The van der Waals surface area contributed by atoms with E-state index in [1.165, 1.54) is 36.4 Å². The van der Waals surface area contributed by atoms with Gasteiger partial charge in [-0.1, -0.05) is 12.1 Å². The molecule has 0 saturated heterocycles. The molecule has 0 aliphatic rings. The average Bonchev–Trinajstić information content (AvgIpc) is 2.54. The molecule has 1 atom stereocenters. The summed E-state index contributed by atoms with van der Waals surface area (Å²) in [5, 5.41) is 2.76. The Morgan fingerprint density at radius 2 is 1.43 bits per heavy atom. The number of carbonyl (C=O) groups excluding carboxylic acids is 2. The van der Waals surface area contributed by atoms with Crippen LogP contribution >= 0.6 is 0 Å². The lowest BCUT2D eigenvalue weighted by Crippen LogP contribution is -2.26. The summed E-state index contributed by atoms with van der Waals surface area (Å²) >= 11 is 0. The van der Waals surface area contributed by atoms with Gasteiger partial charge in [-0.15, -0.1) is 0 Å². The molecular weight excluding hydrogens is 300 g/mol. The van der Waals surface area contributed by atoms with E-state index in [0.29, 0.717) is 5.56 Å². The number of hydrogen-bond acceptors (Lipinski definition) is 2. The molecule has 0 aliphatic heterocycles. The number of hydrogen-bond donors (Lipinski definition) is 1. The second-order valence-electron chi connectivity index (χ2n) is 5.27. The van der Waals surface area contributed by atoms with Crippen LogP contribution in [-0.2, 0) is 4.79 Å². The molecule has 2 rings (SSSR count). The van der Waals surface area contributed by atoms with Crippen LogP contribution in [0.15, 0.2) is 48.5 Å². The molecule has 120 valence electrons. The Hall–Kier alpha value is -2.56. The summed E-state index contributed by atoms with van der Waals surface area (Å²) in [4.78, 5) is 23.8. The molecule has 2 aromatic carbocycles. The molecule has 0 bridgehead atoms. The zero-order chi connectivity index (χ0) is 16.8. The Bertz CT molecular complexity index is 681. The van der Waals surface area contributed by atoms with Crippen molar-refractivity contribution in [3.8, 4) is 0 Å². The van der Waals surface area contributed by atoms with Gasteiger partial charge in [0.1, 0.15) is 11.6 Å². The topological polar surface area (TPSA) is 46.2 Å². The van der Waals surface area contributed by atoms with Crippen LogP contribution in [0.25, 0.3) is 0 Å². The van der Waals surface area contributed by atoms with Gasteiger partial charge in [0.2, 0.25) is 5.91 Å². The summed E-state index contributed by atoms with van der Waals surface area (Å²) in [7, 11) is 0. The predicted octanol–water partition coefficient (Wildman–Crippen LogP) is 3.81. The van der Waals surface area contributed by atoms with Gasteiger partial charge >= 0.3 is 0 Å². The highest BCUT2D eigenvalue weighted by Gasteiger charge is 2.12. The van der Waals surface area contributed by atoms with Crippen molar-refractivity contribution < 1.29 is 18.4 Å². The second-order valence-corrected chi connectivity index (χ2v) is 5.27. The fourth-order valence-corrected chi connectivity index (χ4v) is 2.16. The summed E-state index contributed by atoms with van der Waals surface area (Å²) in [6, 6.07) is 10.8. The normalized spacial score (nSPS) is 11.8. The van der Waals surface area contributed by atoms with Crippen LogP contribution in [0.3, 0.4) is 0 Å². The summed E-state index contributed by atoms with van der Waals surface area (Å²) < 4.78 is 25.7. The minimum atomic E-state index is -0.410. The van der Waals surface area contributed by atoms with Crippen molar-refractivity contribution in [3.05, 3.63) is 71.3 Å². The van der Waals surface area contributed by atoms with Crippen LogP contribution in [-0.4, -0.2) is 11.7 Å². The van der Waals surface area contributed by atoms with Gasteiger partial charge < -0.3 is 5.32 Å². The van der Waals surface area contributed by atoms with Crippen molar-refractivity contribution in [3.63, 3.8) is 0 Å². The third-order valence-electron chi connectivity index (χ3n) is 3.49. The van der Waals surface area contributed by atoms with Crippen LogP contribution in [0.2, 0.25) is 0 Å². The third kappa shape index (κ3) is 4.98. The number of halogens is 2. The fourth-order valence-electron chi connectivity index (χ4n) is 2.16. The van der Waals surface area contributed by atoms with Gasteiger partial charge in [0.05, 0.1) is 6.04 Å². The lowest BCUT2D eigenvalue weighted by molar-refractivity contribution is -0.121. The smallest absolute Gasteiger partial charge is 0.220 e. The number of nitrogens with one attached hydrogen (secondary N) is 1. The minimum Gasteiger partial charge on any atom is -0.350 e. The van der Waals surface area contributed by atoms with Gasteiger partial charge in [-0.2, -0.15) is 0 Å². The first kappa shape index (κ1) is 16.8. The highest BCUT2D eigenvalue weighted by molar-refractivity contribution is 5.97. The maximum atomic E-state index is 12.9. The quantitative estimate of drug-likeness (QED) is 0.824. The number of carbonyl (C=O) groups is 2. The Morgan fingerprint density at radius 3 is 2.00 bits per heavy atom. The monoisotopic (exact) mass is 317 g/mol. The second kappa shape index (κ2) is 7.63. The maximum absolute atomic E-state index is 12.9. The molecule has 3 nitrogen and oxygen atoms in total. The summed E-state index contributed by atoms with van der Waals surface area (Å²) in [5.74, 6) is -1.23. The van der Waals surface area contributed by atoms with E-state index in [9.17, 15) is 18.4 Å². The molecule has 0 saturated carbocycles. The maximum Gasteiger partial charge on any atom is 0.220 e. The third-order valence-corrected chi connectivity index (χ3v) is 3.49. The Morgan fingerprint density at radius 1 is 0.913 bits per heavy atom. The molecule has 2 aromatic rings. The van der Waals surface area contributed by atoms with Crippen LogP contribution in [0.4, 0.5) is 8.78 Å². The molecule has 0 heterocycles. The van der Waals surface area contributed by atoms with Gasteiger partial charge in [-0.3, -0.25) is 9.59 Å². The molecule has 1 amide bonds. The molecule has 0 unspecified atom stereocenters. The van der Waals surface area contributed by atoms with Gasteiger partial charge in [0, 0.05) is 18.4 Å². The lowest BCUT2D eigenvalue weighted by atomic mass is 10.1. The number of amides is 1. The summed E-state index contributed by atoms with van der Waals surface area (Å²) in [5.41, 5.74) is 1.16. The van der Waals surface area contributed by atoms with Crippen molar-refractivity contribution in [2.45, 2.75) is 25.8 Å². The van der Waals surface area contributed by atoms with Gasteiger partial charge in [-0.25, -0.2) is 8.78 Å². The average molecular weight is 317 g/mol. The van der Waals surface area contributed by atoms with Crippen LogP contribution in [0, 0.1) is 11.6 Å². The fraction of sp³-hybridized carbons (Fsp3) is 0.222. The van der Waals surface area contributed by atoms with Gasteiger partial charge in [-0.05, 0) is 48.9 Å². The van der Waals surface area contributed by atoms with E-state index in [2.05, 4.69) is 5.32 Å². The molecular formula is C18H17F2NO2. The summed E-state index contributed by atoms with van der Waals surface area (Å²) in [6.07, 6.45) is 0.0926. The zero-order valence-corrected chi connectivity index (χ0v) is 12.7. The van der Waals surface area contributed by atoms with Crippen molar-refractivity contribution in [1.82, 2.24) is 5.32 Å². The molecule has 0 spiro atoms. The van der Waals surface area contributed by atoms with E-state index >= 15 is 0 Å². The van der Waals surface area contributed by atoms with Gasteiger partial charge in [0.15, 0.2) is 5.78 Å². The largest absolute Gasteiger partial charge is 0.350 e. The number of rotatable bonds is 6. The molecule has 0 aliphatic carbocycles. The highest BCUT2D eigenvalue weighted by atomic mass is 19.1. The Balaban J connectivity index is 1.83. The van der Waals surface area contributed by atoms with E-state index in [-0.39, 0.29) is 36.4 Å². The SMILES string of the molecule is C[C@H](NC(=O)CCC(=O)c1ccc(F)cc1)c1ccc(F)cc1. The minimum absolute atomic E-state index is 0.0434. The first-order valence-electron chi connectivity index (χ1n) is 7.29. The number of benzene rings is 2. The van der Waals surface area contributed by atoms with E-state index in [0.717, 1.165) is 5.56 Å². The molecule has 5 heteroatoms. The van der Waals surface area contributed by atoms with Crippen molar-refractivity contribution in [1.29, 1.82) is 0 Å². The zero-order valence-electron chi connectivity index (χ0n) is 12.7. The Labute approximate surface area is 133 Å². The lowest BCUT2D eigenvalue weighted by Gasteiger charge is -2.14. The predicted molar refractivity (Wildman–Crippen MR) is 82.9 cm³/mol. The first-order valence-corrected chi connectivity index (χ1v) is 7.29. The van der Waals surface area contributed by atoms with Crippen molar-refractivity contribution in [2.75, 3.05) is 0 Å². The van der Waals surface area contributed by atoms with Crippen LogP contribution in [0.5, 0.6) is 0 Å². The van der Waals surface area contributed by atoms with Crippen LogP contribution in [0.1, 0.15) is 41.7 Å². The standard InChI is InChI=1S/C18H17F2NO2/c1-12(13-2-6-15(19)7-3-13)21-18(23)11-10-17(22)14-4-8-16(20)9-5-14/h2-9,12H,10-11H2,1H3,(H,21,23)/t12-/m0/s1. The van der Waals surface area contributed by atoms with E-state index < -0.39 is 5.82 Å². The van der Waals surface area contributed by atoms with E-state index in [1.807, 2.05) is 0 Å². The molecule has 0 radical (unpaired) electrons. The van der Waals surface area contributed by atoms with E-state index in [1.54, 1.807) is 19.1 Å². The van der Waals surface area contributed by atoms with Crippen molar-refractivity contribution >= 4 is 11.7 Å². The molecule has 0 fully saturated rings. The first-order chi connectivity index (χ1) is 11.0. The molecule has 23 heavy (non-hydrogen) atoms. The van der Waals surface area contributed by atoms with Crippen LogP contribution < -0.4 is 5.32 Å². The summed E-state index contributed by atoms with van der Waals surface area (Å²) in [6.45, 7) is 1.78. The molecule has 1 N–H and O–H groups in total. The number of Topliss-reactive ketones (excluding diaryl/α,β-unsaturated/α-hetero) is 1. The van der Waals surface area contributed by atoms with Gasteiger partial charge in [0.25, 0.3) is 0 Å². The van der Waals surface area contributed by atoms with E-state index in [4.69, 9.17) is 0 Å². The number of ketones is 1.